The molecule has 2 N–H and O–H groups in total. The van der Waals surface area contributed by atoms with Crippen LogP contribution in [0.15, 0.2) is 9.95 Å². The smallest absolute Gasteiger partial charge is 0.255 e. The monoisotopic (exact) mass is 325 g/mol. The molecule has 1 aromatic heterocycles. The van der Waals surface area contributed by atoms with E-state index in [1.807, 2.05) is 0 Å². The molecule has 7 heteroatoms. The summed E-state index contributed by atoms with van der Waals surface area (Å²) in [5, 5.41) is 3.63. The van der Waals surface area contributed by atoms with E-state index < -0.39 is 0 Å². The Kier molecular flexibility index (Phi) is 4.90. The molecule has 2 heterocycles. The van der Waals surface area contributed by atoms with Gasteiger partial charge in [0, 0.05) is 23.1 Å². The lowest BCUT2D eigenvalue weighted by Crippen LogP contribution is -2.37. The molecule has 0 saturated heterocycles. The molecule has 0 unspecified atom stereocenters. The van der Waals surface area contributed by atoms with Crippen LogP contribution in [0.3, 0.4) is 0 Å². The number of hydrogen-bond donors (Lipinski definition) is 2. The molecule has 1 amide bonds. The van der Waals surface area contributed by atoms with Crippen LogP contribution in [-0.2, 0) is 16.3 Å². The first kappa shape index (κ1) is 15.0. The van der Waals surface area contributed by atoms with Gasteiger partial charge in [-0.1, -0.05) is 31.0 Å². The van der Waals surface area contributed by atoms with E-state index in [9.17, 15) is 9.59 Å². The Hall–Kier alpha value is -0.950. The average molecular weight is 325 g/mol. The van der Waals surface area contributed by atoms with Crippen LogP contribution in [0.5, 0.6) is 0 Å². The number of aromatic amines is 1. The first-order valence-electron chi connectivity index (χ1n) is 7.34. The maximum absolute atomic E-state index is 11.9. The number of rotatable bonds is 4. The third kappa shape index (κ3) is 3.83. The van der Waals surface area contributed by atoms with Crippen molar-refractivity contribution in [2.45, 2.75) is 54.8 Å². The van der Waals surface area contributed by atoms with Gasteiger partial charge in [-0.05, 0) is 12.8 Å². The van der Waals surface area contributed by atoms with Gasteiger partial charge in [0.05, 0.1) is 11.4 Å². The van der Waals surface area contributed by atoms with Crippen molar-refractivity contribution in [3.05, 3.63) is 21.6 Å². The zero-order chi connectivity index (χ0) is 14.7. The Balaban J connectivity index is 1.54. The number of aromatic nitrogens is 2. The molecule has 1 fully saturated rings. The molecule has 3 rings (SSSR count). The molecule has 0 radical (unpaired) electrons. The highest BCUT2D eigenvalue weighted by molar-refractivity contribution is 7.99. The van der Waals surface area contributed by atoms with Gasteiger partial charge in [-0.2, -0.15) is 11.8 Å². The van der Waals surface area contributed by atoms with E-state index in [0.29, 0.717) is 17.0 Å². The molecule has 0 spiro atoms. The Morgan fingerprint density at radius 3 is 2.95 bits per heavy atom. The molecule has 0 atom stereocenters. The van der Waals surface area contributed by atoms with Crippen molar-refractivity contribution >= 4 is 29.4 Å². The van der Waals surface area contributed by atoms with Crippen LogP contribution in [0.25, 0.3) is 0 Å². The summed E-state index contributed by atoms with van der Waals surface area (Å²) in [5.74, 6) is 1.88. The fourth-order valence-electron chi connectivity index (χ4n) is 2.76. The minimum absolute atomic E-state index is 0.0319. The average Bonchev–Trinajstić information content (AvgIpc) is 2.95. The second-order valence-corrected chi connectivity index (χ2v) is 7.43. The number of H-pyrrole nitrogens is 1. The number of thioether (sulfide) groups is 2. The third-order valence-electron chi connectivity index (χ3n) is 3.87. The van der Waals surface area contributed by atoms with Gasteiger partial charge in [0.25, 0.3) is 5.56 Å². The number of nitrogens with one attached hydrogen (secondary N) is 2. The van der Waals surface area contributed by atoms with Crippen LogP contribution in [0, 0.1) is 0 Å². The van der Waals surface area contributed by atoms with Crippen molar-refractivity contribution in [1.82, 2.24) is 15.3 Å². The van der Waals surface area contributed by atoms with Crippen LogP contribution in [0.2, 0.25) is 0 Å². The predicted molar refractivity (Wildman–Crippen MR) is 85.6 cm³/mol. The lowest BCUT2D eigenvalue weighted by atomic mass is 9.95. The van der Waals surface area contributed by atoms with Crippen molar-refractivity contribution in [2.24, 2.45) is 0 Å². The third-order valence-corrected chi connectivity index (χ3v) is 5.72. The van der Waals surface area contributed by atoms with Gasteiger partial charge in [-0.3, -0.25) is 9.59 Å². The number of carbonyl (C=O) groups excluding carboxylic acids is 1. The quantitative estimate of drug-likeness (QED) is 0.655. The normalized spacial score (nSPS) is 18.5. The summed E-state index contributed by atoms with van der Waals surface area (Å²) in [4.78, 5) is 31.0. The molecule has 21 heavy (non-hydrogen) atoms. The van der Waals surface area contributed by atoms with Crippen molar-refractivity contribution in [3.8, 4) is 0 Å². The standard InChI is InChI=1S/C14H19N3O2S2/c18-12(15-9-4-2-1-3-5-9)8-21-14-16-11-7-20-6-10(11)13(19)17-14/h9H,1-8H2,(H,15,18)(H,16,17,19). The van der Waals surface area contributed by atoms with Gasteiger partial charge < -0.3 is 10.3 Å². The summed E-state index contributed by atoms with van der Waals surface area (Å²) < 4.78 is 0. The highest BCUT2D eigenvalue weighted by atomic mass is 32.2. The minimum Gasteiger partial charge on any atom is -0.353 e. The van der Waals surface area contributed by atoms with Crippen LogP contribution < -0.4 is 10.9 Å². The number of carbonyl (C=O) groups is 1. The fourth-order valence-corrected chi connectivity index (χ4v) is 4.48. The van der Waals surface area contributed by atoms with E-state index in [2.05, 4.69) is 15.3 Å². The summed E-state index contributed by atoms with van der Waals surface area (Å²) in [6.45, 7) is 0. The number of amides is 1. The summed E-state index contributed by atoms with van der Waals surface area (Å²) in [5.41, 5.74) is 1.61. The maximum Gasteiger partial charge on any atom is 0.255 e. The molecule has 114 valence electrons. The highest BCUT2D eigenvalue weighted by Crippen LogP contribution is 2.26. The van der Waals surface area contributed by atoms with Gasteiger partial charge in [-0.15, -0.1) is 0 Å². The topological polar surface area (TPSA) is 74.8 Å². The van der Waals surface area contributed by atoms with E-state index in [0.717, 1.165) is 35.6 Å². The van der Waals surface area contributed by atoms with E-state index in [4.69, 9.17) is 0 Å². The fraction of sp³-hybridized carbons (Fsp3) is 0.643. The molecular weight excluding hydrogens is 306 g/mol. The van der Waals surface area contributed by atoms with Crippen LogP contribution in [-0.4, -0.2) is 27.7 Å². The molecule has 5 nitrogen and oxygen atoms in total. The van der Waals surface area contributed by atoms with E-state index >= 15 is 0 Å². The Labute approximate surface area is 132 Å². The van der Waals surface area contributed by atoms with Crippen LogP contribution in [0.4, 0.5) is 0 Å². The summed E-state index contributed by atoms with van der Waals surface area (Å²) in [7, 11) is 0. The SMILES string of the molecule is O=C(CSc1nc2c(c(=O)[nH]1)CSC2)NC1CCCCC1. The first-order valence-corrected chi connectivity index (χ1v) is 9.48. The predicted octanol–water partition coefficient (Wildman–Crippen LogP) is 2.06. The van der Waals surface area contributed by atoms with Gasteiger partial charge in [-0.25, -0.2) is 4.98 Å². The van der Waals surface area contributed by atoms with Crippen LogP contribution in [0.1, 0.15) is 43.4 Å². The van der Waals surface area contributed by atoms with Gasteiger partial charge >= 0.3 is 0 Å². The molecule has 1 aliphatic heterocycles. The number of hydrogen-bond acceptors (Lipinski definition) is 5. The highest BCUT2D eigenvalue weighted by Gasteiger charge is 2.19. The molecule has 1 saturated carbocycles. The summed E-state index contributed by atoms with van der Waals surface area (Å²) >= 11 is 3.01. The second kappa shape index (κ2) is 6.87. The van der Waals surface area contributed by atoms with Crippen LogP contribution >= 0.6 is 23.5 Å². The molecule has 1 aromatic rings. The van der Waals surface area contributed by atoms with E-state index in [1.165, 1.54) is 31.0 Å². The van der Waals surface area contributed by atoms with Gasteiger partial charge in [0.1, 0.15) is 0 Å². The Morgan fingerprint density at radius 1 is 1.33 bits per heavy atom. The zero-order valence-electron chi connectivity index (χ0n) is 11.8. The minimum atomic E-state index is -0.0554. The summed E-state index contributed by atoms with van der Waals surface area (Å²) in [6.07, 6.45) is 5.85. The second-order valence-electron chi connectivity index (χ2n) is 5.48. The number of nitrogens with zero attached hydrogens (tertiary/aromatic N) is 1. The molecule has 2 aliphatic rings. The number of fused-ring (bicyclic) bond motifs is 1. The molecule has 0 bridgehead atoms. The maximum atomic E-state index is 11.9. The Bertz CT molecular complexity index is 582. The molecule has 0 aromatic carbocycles. The largest absolute Gasteiger partial charge is 0.353 e. The summed E-state index contributed by atoms with van der Waals surface area (Å²) in [6, 6.07) is 0.329. The zero-order valence-corrected chi connectivity index (χ0v) is 13.4. The van der Waals surface area contributed by atoms with Crippen molar-refractivity contribution in [1.29, 1.82) is 0 Å². The Morgan fingerprint density at radius 2 is 2.14 bits per heavy atom. The van der Waals surface area contributed by atoms with Crippen molar-refractivity contribution < 1.29 is 4.79 Å². The van der Waals surface area contributed by atoms with Gasteiger partial charge in [0.2, 0.25) is 5.91 Å². The van der Waals surface area contributed by atoms with Crippen molar-refractivity contribution in [2.75, 3.05) is 5.75 Å². The van der Waals surface area contributed by atoms with Crippen molar-refractivity contribution in [3.63, 3.8) is 0 Å². The van der Waals surface area contributed by atoms with Gasteiger partial charge in [0.15, 0.2) is 5.16 Å². The van der Waals surface area contributed by atoms with E-state index in [-0.39, 0.29) is 11.5 Å². The first-order chi connectivity index (χ1) is 10.2. The molecular formula is C14H19N3O2S2. The molecule has 1 aliphatic carbocycles. The lowest BCUT2D eigenvalue weighted by Gasteiger charge is -2.22. The van der Waals surface area contributed by atoms with E-state index in [1.54, 1.807) is 11.8 Å². The lowest BCUT2D eigenvalue weighted by molar-refractivity contribution is -0.119.